The van der Waals surface area contributed by atoms with E-state index in [9.17, 15) is 4.79 Å². The van der Waals surface area contributed by atoms with Gasteiger partial charge in [-0.1, -0.05) is 68.4 Å². The first-order chi connectivity index (χ1) is 11.6. The second kappa shape index (κ2) is 9.33. The van der Waals surface area contributed by atoms with E-state index in [1.807, 2.05) is 32.0 Å². The van der Waals surface area contributed by atoms with Gasteiger partial charge in [0.1, 0.15) is 0 Å². The van der Waals surface area contributed by atoms with Crippen LogP contribution in [0.5, 0.6) is 0 Å². The van der Waals surface area contributed by atoms with Crippen LogP contribution in [0.25, 0.3) is 11.1 Å². The number of carbonyl (C=O) groups excluding carboxylic acids is 1. The van der Waals surface area contributed by atoms with Crippen LogP contribution in [0.15, 0.2) is 54.6 Å². The van der Waals surface area contributed by atoms with Crippen molar-refractivity contribution in [3.63, 3.8) is 0 Å². The Morgan fingerprint density at radius 2 is 1.67 bits per heavy atom. The van der Waals surface area contributed by atoms with Crippen LogP contribution < -0.4 is 5.32 Å². The summed E-state index contributed by atoms with van der Waals surface area (Å²) >= 11 is 5.98. The average Bonchev–Trinajstić information content (AvgIpc) is 2.60. The van der Waals surface area contributed by atoms with Gasteiger partial charge in [0, 0.05) is 11.9 Å². The Morgan fingerprint density at radius 1 is 1.04 bits per heavy atom. The van der Waals surface area contributed by atoms with E-state index in [-0.39, 0.29) is 6.04 Å². The quantitative estimate of drug-likeness (QED) is 0.726. The molecule has 0 aliphatic rings. The van der Waals surface area contributed by atoms with E-state index in [2.05, 4.69) is 41.7 Å². The molecule has 0 spiro atoms. The van der Waals surface area contributed by atoms with Crippen molar-refractivity contribution in [2.24, 2.45) is 5.92 Å². The molecule has 2 aromatic carbocycles. The normalized spacial score (nSPS) is 12.0. The summed E-state index contributed by atoms with van der Waals surface area (Å²) in [5.41, 5.74) is 3.49. The van der Waals surface area contributed by atoms with Gasteiger partial charge in [-0.15, -0.1) is 11.6 Å². The molecule has 2 aromatic rings. The Bertz CT molecular complexity index is 626. The minimum absolute atomic E-state index is 0.145. The van der Waals surface area contributed by atoms with Crippen molar-refractivity contribution < 1.29 is 9.53 Å². The number of alkyl halides is 1. The molecule has 0 aliphatic heterocycles. The number of nitrogens with one attached hydrogen (secondary N) is 1. The van der Waals surface area contributed by atoms with E-state index < -0.39 is 6.09 Å². The minimum Gasteiger partial charge on any atom is -0.449 e. The van der Waals surface area contributed by atoms with E-state index in [1.54, 1.807) is 0 Å². The molecule has 128 valence electrons. The van der Waals surface area contributed by atoms with Crippen molar-refractivity contribution in [2.75, 3.05) is 12.5 Å². The second-order valence-corrected chi connectivity index (χ2v) is 6.56. The highest BCUT2D eigenvalue weighted by Crippen LogP contribution is 2.19. The number of carbonyl (C=O) groups is 1. The standard InChI is InChI=1S/C20H24ClNO2/c1-15(2)14-24-20(23)22-19(13-21)12-16-8-10-18(11-9-16)17-6-4-3-5-7-17/h3-11,15,19H,12-14H2,1-2H3,(H,22,23)/t19-/m0/s1. The molecule has 0 bridgehead atoms. The Morgan fingerprint density at radius 3 is 2.25 bits per heavy atom. The second-order valence-electron chi connectivity index (χ2n) is 6.25. The molecule has 0 fully saturated rings. The van der Waals surface area contributed by atoms with Gasteiger partial charge in [0.25, 0.3) is 0 Å². The Balaban J connectivity index is 1.92. The van der Waals surface area contributed by atoms with Crippen LogP contribution in [-0.4, -0.2) is 24.6 Å². The van der Waals surface area contributed by atoms with Crippen LogP contribution in [0.3, 0.4) is 0 Å². The van der Waals surface area contributed by atoms with Crippen molar-refractivity contribution in [1.82, 2.24) is 5.32 Å². The van der Waals surface area contributed by atoms with Crippen molar-refractivity contribution in [2.45, 2.75) is 26.3 Å². The van der Waals surface area contributed by atoms with Crippen molar-refractivity contribution in [1.29, 1.82) is 0 Å². The minimum atomic E-state index is -0.407. The fourth-order valence-corrected chi connectivity index (χ4v) is 2.53. The monoisotopic (exact) mass is 345 g/mol. The third kappa shape index (κ3) is 5.89. The summed E-state index contributed by atoms with van der Waals surface area (Å²) in [7, 11) is 0. The van der Waals surface area contributed by atoms with Gasteiger partial charge in [0.05, 0.1) is 6.61 Å². The number of amides is 1. The zero-order valence-electron chi connectivity index (χ0n) is 14.2. The van der Waals surface area contributed by atoms with Crippen LogP contribution in [0.1, 0.15) is 19.4 Å². The molecule has 4 heteroatoms. The zero-order chi connectivity index (χ0) is 17.4. The molecule has 0 unspecified atom stereocenters. The first kappa shape index (κ1) is 18.3. The Hall–Kier alpha value is -2.00. The first-order valence-electron chi connectivity index (χ1n) is 8.22. The lowest BCUT2D eigenvalue weighted by molar-refractivity contribution is 0.130. The zero-order valence-corrected chi connectivity index (χ0v) is 14.9. The van der Waals surface area contributed by atoms with E-state index in [4.69, 9.17) is 16.3 Å². The predicted molar refractivity (Wildman–Crippen MR) is 99.4 cm³/mol. The smallest absolute Gasteiger partial charge is 0.407 e. The lowest BCUT2D eigenvalue weighted by Crippen LogP contribution is -2.38. The Labute approximate surface area is 149 Å². The summed E-state index contributed by atoms with van der Waals surface area (Å²) < 4.78 is 5.14. The summed E-state index contributed by atoms with van der Waals surface area (Å²) in [5.74, 6) is 0.660. The summed E-state index contributed by atoms with van der Waals surface area (Å²) in [5, 5.41) is 2.82. The molecule has 0 radical (unpaired) electrons. The molecule has 1 atom stereocenters. The topological polar surface area (TPSA) is 38.3 Å². The molecule has 0 aromatic heterocycles. The SMILES string of the molecule is CC(C)COC(=O)N[C@H](CCl)Cc1ccc(-c2ccccc2)cc1. The number of halogens is 1. The van der Waals surface area contributed by atoms with Gasteiger partial charge in [-0.05, 0) is 29.0 Å². The van der Waals surface area contributed by atoms with Crippen LogP contribution in [0.4, 0.5) is 4.79 Å². The number of alkyl carbamates (subject to hydrolysis) is 1. The molecule has 2 rings (SSSR count). The maximum Gasteiger partial charge on any atom is 0.407 e. The van der Waals surface area contributed by atoms with Crippen molar-refractivity contribution in [3.05, 3.63) is 60.2 Å². The van der Waals surface area contributed by atoms with Crippen LogP contribution in [0, 0.1) is 5.92 Å². The highest BCUT2D eigenvalue weighted by molar-refractivity contribution is 6.18. The third-order valence-electron chi connectivity index (χ3n) is 3.60. The lowest BCUT2D eigenvalue weighted by atomic mass is 10.0. The maximum atomic E-state index is 11.8. The number of benzene rings is 2. The van der Waals surface area contributed by atoms with E-state index in [0.717, 1.165) is 5.56 Å². The molecule has 0 aliphatic carbocycles. The molecule has 0 heterocycles. The number of hydrogen-bond acceptors (Lipinski definition) is 2. The largest absolute Gasteiger partial charge is 0.449 e. The molecular weight excluding hydrogens is 322 g/mol. The summed E-state index contributed by atoms with van der Waals surface area (Å²) in [4.78, 5) is 11.8. The van der Waals surface area contributed by atoms with Crippen molar-refractivity contribution in [3.8, 4) is 11.1 Å². The molecule has 0 saturated heterocycles. The van der Waals surface area contributed by atoms with E-state index >= 15 is 0 Å². The molecule has 24 heavy (non-hydrogen) atoms. The van der Waals surface area contributed by atoms with Crippen LogP contribution >= 0.6 is 11.6 Å². The average molecular weight is 346 g/mol. The highest BCUT2D eigenvalue weighted by Gasteiger charge is 2.13. The van der Waals surface area contributed by atoms with Gasteiger partial charge in [0.2, 0.25) is 0 Å². The summed E-state index contributed by atoms with van der Waals surface area (Å²) in [6, 6.07) is 18.4. The van der Waals surface area contributed by atoms with Gasteiger partial charge in [-0.3, -0.25) is 0 Å². The number of rotatable bonds is 7. The highest BCUT2D eigenvalue weighted by atomic mass is 35.5. The third-order valence-corrected chi connectivity index (χ3v) is 3.97. The molecule has 3 nitrogen and oxygen atoms in total. The summed E-state index contributed by atoms with van der Waals surface area (Å²) in [6.45, 7) is 4.41. The Kier molecular flexibility index (Phi) is 7.13. The van der Waals surface area contributed by atoms with Crippen LogP contribution in [-0.2, 0) is 11.2 Å². The fourth-order valence-electron chi connectivity index (χ4n) is 2.34. The first-order valence-corrected chi connectivity index (χ1v) is 8.75. The van der Waals surface area contributed by atoms with E-state index in [0.29, 0.717) is 24.8 Å². The number of hydrogen-bond donors (Lipinski definition) is 1. The molecule has 0 saturated carbocycles. The molecule has 1 N–H and O–H groups in total. The predicted octanol–water partition coefficient (Wildman–Crippen LogP) is 4.89. The van der Waals surface area contributed by atoms with Gasteiger partial charge in [-0.2, -0.15) is 0 Å². The summed E-state index contributed by atoms with van der Waals surface area (Å²) in [6.07, 6.45) is 0.269. The van der Waals surface area contributed by atoms with E-state index in [1.165, 1.54) is 11.1 Å². The van der Waals surface area contributed by atoms with Gasteiger partial charge < -0.3 is 10.1 Å². The van der Waals surface area contributed by atoms with Crippen molar-refractivity contribution >= 4 is 17.7 Å². The van der Waals surface area contributed by atoms with Gasteiger partial charge in [-0.25, -0.2) is 4.79 Å². The lowest BCUT2D eigenvalue weighted by Gasteiger charge is -2.17. The van der Waals surface area contributed by atoms with Gasteiger partial charge >= 0.3 is 6.09 Å². The fraction of sp³-hybridized carbons (Fsp3) is 0.350. The molecular formula is C20H24ClNO2. The van der Waals surface area contributed by atoms with Gasteiger partial charge in [0.15, 0.2) is 0 Å². The van der Waals surface area contributed by atoms with Crippen LogP contribution in [0.2, 0.25) is 0 Å². The maximum absolute atomic E-state index is 11.8. The number of ether oxygens (including phenoxy) is 1. The molecule has 1 amide bonds.